The van der Waals surface area contributed by atoms with Gasteiger partial charge in [0.05, 0.1) is 17.0 Å². The van der Waals surface area contributed by atoms with Crippen LogP contribution in [0.5, 0.6) is 0 Å². The van der Waals surface area contributed by atoms with Crippen LogP contribution in [-0.4, -0.2) is 37.7 Å². The molecule has 1 aliphatic rings. The molecule has 1 aliphatic heterocycles. The second-order valence-corrected chi connectivity index (χ2v) is 13.1. The van der Waals surface area contributed by atoms with Crippen molar-refractivity contribution >= 4 is 46.5 Å². The van der Waals surface area contributed by atoms with Gasteiger partial charge in [0.25, 0.3) is 0 Å². The molecule has 1 saturated heterocycles. The summed E-state index contributed by atoms with van der Waals surface area (Å²) in [6, 6.07) is 0. The van der Waals surface area contributed by atoms with E-state index in [1.54, 1.807) is 4.99 Å². The van der Waals surface area contributed by atoms with Gasteiger partial charge >= 0.3 is 0 Å². The summed E-state index contributed by atoms with van der Waals surface area (Å²) < 4.78 is 12.4. The highest BCUT2D eigenvalue weighted by molar-refractivity contribution is 9.11. The van der Waals surface area contributed by atoms with Gasteiger partial charge in [-0.3, -0.25) is 0 Å². The minimum atomic E-state index is -1.90. The summed E-state index contributed by atoms with van der Waals surface area (Å²) in [4.78, 5) is 12.4. The number of rotatable bonds is 5. The lowest BCUT2D eigenvalue weighted by Crippen LogP contribution is -2.47. The number of hydrogen-bond acceptors (Lipinski definition) is 3. The van der Waals surface area contributed by atoms with E-state index in [2.05, 4.69) is 71.5 Å². The molecule has 0 bridgehead atoms. The minimum absolute atomic E-state index is 0.0705. The summed E-state index contributed by atoms with van der Waals surface area (Å²) in [5.41, 5.74) is 2.98. The van der Waals surface area contributed by atoms with E-state index in [9.17, 15) is 4.79 Å². The Labute approximate surface area is 145 Å². The molecule has 0 saturated carbocycles. The first-order chi connectivity index (χ1) is 9.62. The smallest absolute Gasteiger partial charge is 0.192 e. The molecular weight excluding hydrogens is 416 g/mol. The van der Waals surface area contributed by atoms with Crippen molar-refractivity contribution in [2.45, 2.75) is 68.5 Å². The molecule has 0 aromatic rings. The Balaban J connectivity index is 2.91. The first-order valence-corrected chi connectivity index (χ1v) is 11.8. The quantitative estimate of drug-likeness (QED) is 0.272. The van der Waals surface area contributed by atoms with Gasteiger partial charge in [0, 0.05) is 11.4 Å². The van der Waals surface area contributed by atoms with Crippen LogP contribution in [0.25, 0.3) is 0 Å². The van der Waals surface area contributed by atoms with Crippen LogP contribution in [0.4, 0.5) is 0 Å². The molecule has 120 valence electrons. The lowest BCUT2D eigenvalue weighted by molar-refractivity contribution is -0.110. The number of hydrogen-bond donors (Lipinski definition) is 0. The maximum absolute atomic E-state index is 11.1. The van der Waals surface area contributed by atoms with Crippen LogP contribution in [0.3, 0.4) is 0 Å². The van der Waals surface area contributed by atoms with Crippen molar-refractivity contribution in [1.29, 1.82) is 0 Å². The normalized spacial score (nSPS) is 27.9. The zero-order valence-electron chi connectivity index (χ0n) is 13.2. The second kappa shape index (κ2) is 7.71. The Bertz CT molecular complexity index is 425. The largest absolute Gasteiger partial charge is 0.411 e. The molecule has 1 heterocycles. The van der Waals surface area contributed by atoms with Crippen LogP contribution >= 0.6 is 31.9 Å². The summed E-state index contributed by atoms with van der Waals surface area (Å²) in [7, 11) is -1.90. The van der Waals surface area contributed by atoms with Gasteiger partial charge in [0.1, 0.15) is 12.4 Å². The number of carbonyl (C=O) groups excluding carboxylic acids is 1. The summed E-state index contributed by atoms with van der Waals surface area (Å²) in [5, 5.41) is 0.129. The van der Waals surface area contributed by atoms with E-state index < -0.39 is 8.32 Å². The average Bonchev–Trinajstić information content (AvgIpc) is 2.76. The summed E-state index contributed by atoms with van der Waals surface area (Å²) in [6.07, 6.45) is 3.09. The van der Waals surface area contributed by atoms with Gasteiger partial charge in [0.15, 0.2) is 8.32 Å². The zero-order chi connectivity index (χ0) is 16.3. The van der Waals surface area contributed by atoms with E-state index in [4.69, 9.17) is 9.16 Å². The highest BCUT2D eigenvalue weighted by Crippen LogP contribution is 2.40. The van der Waals surface area contributed by atoms with Crippen molar-refractivity contribution < 1.29 is 14.0 Å². The molecule has 21 heavy (non-hydrogen) atoms. The predicted octanol–water partition coefficient (Wildman–Crippen LogP) is 4.56. The Morgan fingerprint density at radius 1 is 1.43 bits per heavy atom. The van der Waals surface area contributed by atoms with Crippen molar-refractivity contribution in [1.82, 2.24) is 0 Å². The maximum atomic E-state index is 11.1. The fraction of sp³-hybridized carbons (Fsp3) is 0.733. The Kier molecular flexibility index (Phi) is 7.10. The van der Waals surface area contributed by atoms with Gasteiger partial charge in [-0.25, -0.2) is 0 Å². The monoisotopic (exact) mass is 438 g/mol. The lowest BCUT2D eigenvalue weighted by Gasteiger charge is -2.39. The first kappa shape index (κ1) is 19.3. The molecule has 0 aliphatic carbocycles. The van der Waals surface area contributed by atoms with Crippen LogP contribution < -0.4 is 0 Å². The molecule has 0 aromatic heterocycles. The predicted molar refractivity (Wildman–Crippen MR) is 95.7 cm³/mol. The van der Waals surface area contributed by atoms with Crippen LogP contribution in [0.15, 0.2) is 16.8 Å². The highest BCUT2D eigenvalue weighted by Gasteiger charge is 2.45. The number of halogens is 2. The molecule has 0 N–H and O–H groups in total. The molecule has 0 radical (unpaired) electrons. The Morgan fingerprint density at radius 2 is 2.05 bits per heavy atom. The van der Waals surface area contributed by atoms with Gasteiger partial charge in [-0.05, 0) is 24.2 Å². The van der Waals surface area contributed by atoms with Gasteiger partial charge in [0.2, 0.25) is 0 Å². The van der Waals surface area contributed by atoms with E-state index in [0.717, 1.165) is 12.7 Å². The van der Waals surface area contributed by atoms with Crippen molar-refractivity contribution in [3.63, 3.8) is 0 Å². The van der Waals surface area contributed by atoms with Crippen molar-refractivity contribution in [2.75, 3.05) is 0 Å². The highest BCUT2D eigenvalue weighted by atomic mass is 79.9. The van der Waals surface area contributed by atoms with Crippen molar-refractivity contribution in [2.24, 2.45) is 0 Å². The van der Waals surface area contributed by atoms with Crippen molar-refractivity contribution in [3.05, 3.63) is 16.8 Å². The molecule has 4 atom stereocenters. The number of carbonyl (C=O) groups is 1. The molecule has 0 spiro atoms. The topological polar surface area (TPSA) is 35.5 Å². The number of ether oxygens (including phenoxy) is 1. The van der Waals surface area contributed by atoms with Crippen molar-refractivity contribution in [3.8, 4) is 0 Å². The molecule has 0 aromatic carbocycles. The van der Waals surface area contributed by atoms with E-state index >= 15 is 0 Å². The lowest BCUT2D eigenvalue weighted by atomic mass is 10.1. The molecule has 1 rings (SSSR count). The second-order valence-electron chi connectivity index (χ2n) is 6.81. The van der Waals surface area contributed by atoms with E-state index in [1.165, 1.54) is 0 Å². The Morgan fingerprint density at radius 3 is 2.52 bits per heavy atom. The maximum Gasteiger partial charge on any atom is 0.192 e. The van der Waals surface area contributed by atoms with Crippen LogP contribution in [0.2, 0.25) is 18.1 Å². The van der Waals surface area contributed by atoms with Gasteiger partial charge in [-0.2, -0.15) is 0 Å². The standard InChI is InChI=1S/C15H24Br2O3Si/c1-15(2,3)21(4,5)20-13-9-11(7-6-8-16)19-14(13)12(17)10-18/h7-8,10-14H,9H2,1-5H3/t6?,11-,12-,13-,14-/m0/s1. The van der Waals surface area contributed by atoms with Crippen LogP contribution in [0.1, 0.15) is 27.2 Å². The average molecular weight is 440 g/mol. The molecule has 3 nitrogen and oxygen atoms in total. The minimum Gasteiger partial charge on any atom is -0.411 e. The summed E-state index contributed by atoms with van der Waals surface area (Å²) in [5.74, 6) is 0. The third-order valence-corrected chi connectivity index (χ3v) is 9.71. The fourth-order valence-corrected chi connectivity index (χ4v) is 3.95. The van der Waals surface area contributed by atoms with E-state index in [-0.39, 0.29) is 28.2 Å². The molecular formula is C15H24Br2O3Si. The van der Waals surface area contributed by atoms with E-state index in [1.807, 2.05) is 6.08 Å². The fourth-order valence-electron chi connectivity index (χ4n) is 1.99. The number of alkyl halides is 1. The van der Waals surface area contributed by atoms with Gasteiger partial charge in [-0.1, -0.05) is 52.6 Å². The third kappa shape index (κ3) is 5.15. The third-order valence-electron chi connectivity index (χ3n) is 4.20. The van der Waals surface area contributed by atoms with Gasteiger partial charge < -0.3 is 14.0 Å². The zero-order valence-corrected chi connectivity index (χ0v) is 17.4. The summed E-state index contributed by atoms with van der Waals surface area (Å²) in [6.45, 7) is 11.1. The molecule has 0 amide bonds. The van der Waals surface area contributed by atoms with E-state index in [0.29, 0.717) is 0 Å². The van der Waals surface area contributed by atoms with Crippen LogP contribution in [0, 0.1) is 0 Å². The molecule has 0 unspecified atom stereocenters. The SMILES string of the molecule is CC(C)(C)[Si](C)(C)O[C@H]1C[C@H](C=C=CBr)O[C@H]1[C@@H](Br)C=O. The molecule has 6 heteroatoms. The summed E-state index contributed by atoms with van der Waals surface area (Å²) >= 11 is 6.58. The molecule has 1 fully saturated rings. The Hall–Kier alpha value is 0.287. The van der Waals surface area contributed by atoms with Gasteiger partial charge in [-0.15, -0.1) is 5.73 Å². The van der Waals surface area contributed by atoms with Crippen LogP contribution in [-0.2, 0) is 14.0 Å². The number of aldehydes is 1. The first-order valence-electron chi connectivity index (χ1n) is 7.06.